The number of fused-ring (bicyclic) bond motifs is 1. The third-order valence-corrected chi connectivity index (χ3v) is 5.71. The van der Waals surface area contributed by atoms with Crippen LogP contribution in [0.4, 0.5) is 5.13 Å². The number of methoxy groups -OCH3 is 1. The fourth-order valence-corrected chi connectivity index (χ4v) is 3.76. The lowest BCUT2D eigenvalue weighted by Gasteiger charge is -2.21. The number of benzene rings is 2. The molecular weight excluding hydrogens is 358 g/mol. The van der Waals surface area contributed by atoms with E-state index in [9.17, 15) is 4.79 Å². The second-order valence-electron chi connectivity index (χ2n) is 7.04. The summed E-state index contributed by atoms with van der Waals surface area (Å²) in [6.45, 7) is 5.54. The van der Waals surface area contributed by atoms with Gasteiger partial charge in [-0.2, -0.15) is 0 Å². The standard InChI is InChI=1S/C21H25N3O2S/c1-14-6-7-16(12-15(14)2)20(25)24(11-10-23(3)4)21-22-18-13-17(26-5)8-9-19(18)27-21/h6-9,12-13H,10-11H2,1-5H3/p+1. The van der Waals surface area contributed by atoms with Gasteiger partial charge in [-0.05, 0) is 49.2 Å². The van der Waals surface area contributed by atoms with Crippen LogP contribution in [0, 0.1) is 13.8 Å². The maximum Gasteiger partial charge on any atom is 0.260 e. The normalized spacial score (nSPS) is 11.2. The number of ether oxygens (including phenoxy) is 1. The molecule has 142 valence electrons. The number of quaternary nitrogens is 1. The predicted molar refractivity (Wildman–Crippen MR) is 111 cm³/mol. The van der Waals surface area contributed by atoms with Crippen molar-refractivity contribution in [3.05, 3.63) is 53.1 Å². The minimum absolute atomic E-state index is 0.00892. The highest BCUT2D eigenvalue weighted by Crippen LogP contribution is 2.31. The van der Waals surface area contributed by atoms with E-state index in [1.807, 2.05) is 43.3 Å². The number of hydrogen-bond donors (Lipinski definition) is 1. The fourth-order valence-electron chi connectivity index (χ4n) is 2.79. The third-order valence-electron chi connectivity index (χ3n) is 4.65. The van der Waals surface area contributed by atoms with Crippen molar-refractivity contribution in [3.8, 4) is 5.75 Å². The van der Waals surface area contributed by atoms with Gasteiger partial charge in [0.1, 0.15) is 5.75 Å². The first-order valence-electron chi connectivity index (χ1n) is 9.02. The van der Waals surface area contributed by atoms with E-state index >= 15 is 0 Å². The van der Waals surface area contributed by atoms with Crippen molar-refractivity contribution in [2.45, 2.75) is 13.8 Å². The minimum Gasteiger partial charge on any atom is -0.497 e. The van der Waals surface area contributed by atoms with Crippen LogP contribution >= 0.6 is 11.3 Å². The van der Waals surface area contributed by atoms with E-state index < -0.39 is 0 Å². The number of rotatable bonds is 6. The highest BCUT2D eigenvalue weighted by atomic mass is 32.1. The van der Waals surface area contributed by atoms with Crippen LogP contribution < -0.4 is 14.5 Å². The largest absolute Gasteiger partial charge is 0.497 e. The molecule has 0 aliphatic heterocycles. The van der Waals surface area contributed by atoms with Crippen molar-refractivity contribution >= 4 is 32.6 Å². The average molecular weight is 385 g/mol. The number of nitrogens with one attached hydrogen (secondary N) is 1. The van der Waals surface area contributed by atoms with Gasteiger partial charge >= 0.3 is 0 Å². The van der Waals surface area contributed by atoms with Crippen LogP contribution in [0.1, 0.15) is 21.5 Å². The molecule has 0 aliphatic rings. The molecule has 0 atom stereocenters. The van der Waals surface area contributed by atoms with E-state index in [0.717, 1.165) is 33.2 Å². The summed E-state index contributed by atoms with van der Waals surface area (Å²) < 4.78 is 6.34. The van der Waals surface area contributed by atoms with Crippen LogP contribution in [-0.4, -0.2) is 45.2 Å². The molecule has 1 amide bonds. The molecule has 0 radical (unpaired) electrons. The number of carbonyl (C=O) groups is 1. The van der Waals surface area contributed by atoms with Gasteiger partial charge in [0, 0.05) is 11.6 Å². The van der Waals surface area contributed by atoms with E-state index in [4.69, 9.17) is 9.72 Å². The Labute approximate surface area is 164 Å². The predicted octanol–water partition coefficient (Wildman–Crippen LogP) is 2.71. The molecular formula is C21H26N3O2S+. The number of amides is 1. The Morgan fingerprint density at radius 1 is 1.15 bits per heavy atom. The number of carbonyl (C=O) groups excluding carboxylic acids is 1. The summed E-state index contributed by atoms with van der Waals surface area (Å²) in [5.41, 5.74) is 3.85. The van der Waals surface area contributed by atoms with E-state index in [-0.39, 0.29) is 5.91 Å². The molecule has 5 nitrogen and oxygen atoms in total. The number of nitrogens with zero attached hydrogens (tertiary/aromatic N) is 2. The van der Waals surface area contributed by atoms with E-state index in [2.05, 4.69) is 21.0 Å². The Kier molecular flexibility index (Phi) is 5.77. The number of hydrogen-bond acceptors (Lipinski definition) is 4. The lowest BCUT2D eigenvalue weighted by atomic mass is 10.1. The Balaban J connectivity index is 1.99. The maximum absolute atomic E-state index is 13.3. The Bertz CT molecular complexity index is 965. The number of aryl methyl sites for hydroxylation is 2. The van der Waals surface area contributed by atoms with Gasteiger partial charge < -0.3 is 9.64 Å². The Morgan fingerprint density at radius 3 is 2.59 bits per heavy atom. The molecule has 3 aromatic rings. The quantitative estimate of drug-likeness (QED) is 0.711. The van der Waals surface area contributed by atoms with Crippen LogP contribution in [0.3, 0.4) is 0 Å². The summed E-state index contributed by atoms with van der Waals surface area (Å²) in [6, 6.07) is 11.7. The van der Waals surface area contributed by atoms with Crippen LogP contribution in [0.15, 0.2) is 36.4 Å². The van der Waals surface area contributed by atoms with Gasteiger partial charge in [0.15, 0.2) is 5.13 Å². The molecule has 2 aromatic carbocycles. The second-order valence-corrected chi connectivity index (χ2v) is 8.05. The van der Waals surface area contributed by atoms with Crippen molar-refractivity contribution in [1.82, 2.24) is 4.98 Å². The average Bonchev–Trinajstić information content (AvgIpc) is 3.06. The zero-order valence-corrected chi connectivity index (χ0v) is 17.3. The zero-order valence-electron chi connectivity index (χ0n) is 16.5. The molecule has 0 saturated carbocycles. The summed E-state index contributed by atoms with van der Waals surface area (Å²) in [5.74, 6) is 0.759. The topological polar surface area (TPSA) is 46.9 Å². The number of aromatic nitrogens is 1. The molecule has 0 spiro atoms. The fraction of sp³-hybridized carbons (Fsp3) is 0.333. The SMILES string of the molecule is COc1ccc2sc(N(CC[NH+](C)C)C(=O)c3ccc(C)c(C)c3)nc2c1. The molecule has 6 heteroatoms. The first kappa shape index (κ1) is 19.3. The van der Waals surface area contributed by atoms with Gasteiger partial charge in [0.05, 0.1) is 44.5 Å². The molecule has 0 fully saturated rings. The van der Waals surface area contributed by atoms with Crippen molar-refractivity contribution in [2.24, 2.45) is 0 Å². The summed E-state index contributed by atoms with van der Waals surface area (Å²) in [6.07, 6.45) is 0. The molecule has 1 heterocycles. The van der Waals surface area contributed by atoms with Crippen molar-refractivity contribution in [1.29, 1.82) is 0 Å². The molecule has 0 saturated heterocycles. The summed E-state index contributed by atoms with van der Waals surface area (Å²) in [5, 5.41) is 0.725. The first-order valence-corrected chi connectivity index (χ1v) is 9.83. The van der Waals surface area contributed by atoms with Gasteiger partial charge in [-0.25, -0.2) is 4.98 Å². The lowest BCUT2D eigenvalue weighted by molar-refractivity contribution is -0.856. The lowest BCUT2D eigenvalue weighted by Crippen LogP contribution is -3.06. The van der Waals surface area contributed by atoms with Crippen molar-refractivity contribution in [3.63, 3.8) is 0 Å². The smallest absolute Gasteiger partial charge is 0.260 e. The molecule has 1 aromatic heterocycles. The van der Waals surface area contributed by atoms with Crippen LogP contribution in [0.25, 0.3) is 10.2 Å². The monoisotopic (exact) mass is 384 g/mol. The molecule has 1 N–H and O–H groups in total. The van der Waals surface area contributed by atoms with Gasteiger partial charge in [0.25, 0.3) is 5.91 Å². The Morgan fingerprint density at radius 2 is 1.93 bits per heavy atom. The van der Waals surface area contributed by atoms with Crippen molar-refractivity contribution < 1.29 is 14.4 Å². The highest BCUT2D eigenvalue weighted by Gasteiger charge is 2.22. The number of anilines is 1. The third kappa shape index (κ3) is 4.28. The summed E-state index contributed by atoms with van der Waals surface area (Å²) in [7, 11) is 5.81. The van der Waals surface area contributed by atoms with E-state index in [1.54, 1.807) is 12.0 Å². The molecule has 27 heavy (non-hydrogen) atoms. The van der Waals surface area contributed by atoms with Gasteiger partial charge in [-0.15, -0.1) is 0 Å². The minimum atomic E-state index is -0.00892. The van der Waals surface area contributed by atoms with Crippen LogP contribution in [0.2, 0.25) is 0 Å². The Hall–Kier alpha value is -2.44. The molecule has 0 bridgehead atoms. The zero-order chi connectivity index (χ0) is 19.6. The summed E-state index contributed by atoms with van der Waals surface area (Å²) in [4.78, 5) is 21.1. The van der Waals surface area contributed by atoms with Crippen LogP contribution in [0.5, 0.6) is 5.75 Å². The number of thiazole rings is 1. The molecule has 0 aliphatic carbocycles. The van der Waals surface area contributed by atoms with Crippen LogP contribution in [-0.2, 0) is 0 Å². The highest BCUT2D eigenvalue weighted by molar-refractivity contribution is 7.22. The molecule has 3 rings (SSSR count). The second kappa shape index (κ2) is 8.06. The van der Waals surface area contributed by atoms with Gasteiger partial charge in [-0.3, -0.25) is 9.69 Å². The summed E-state index contributed by atoms with van der Waals surface area (Å²) >= 11 is 1.54. The van der Waals surface area contributed by atoms with Gasteiger partial charge in [-0.1, -0.05) is 17.4 Å². The van der Waals surface area contributed by atoms with E-state index in [1.165, 1.54) is 21.8 Å². The number of likely N-dealkylation sites (N-methyl/N-ethyl adjacent to an activating group) is 1. The maximum atomic E-state index is 13.3. The first-order chi connectivity index (χ1) is 12.9. The van der Waals surface area contributed by atoms with Crippen molar-refractivity contribution in [2.75, 3.05) is 39.2 Å². The van der Waals surface area contributed by atoms with Gasteiger partial charge in [0.2, 0.25) is 0 Å². The molecule has 0 unspecified atom stereocenters. The van der Waals surface area contributed by atoms with E-state index in [0.29, 0.717) is 12.1 Å².